The molecule has 0 aliphatic rings. The molecule has 0 N–H and O–H groups in total. The molecule has 0 saturated carbocycles. The van der Waals surface area contributed by atoms with Crippen molar-refractivity contribution in [3.63, 3.8) is 0 Å². The molecular weight excluding hydrogens is 276 g/mol. The molecule has 0 radical (unpaired) electrons. The third kappa shape index (κ3) is 3.26. The zero-order valence-electron chi connectivity index (χ0n) is 9.52. The summed E-state index contributed by atoms with van der Waals surface area (Å²) >= 11 is 5.90. The van der Waals surface area contributed by atoms with E-state index < -0.39 is 6.61 Å². The zero-order valence-corrected chi connectivity index (χ0v) is 10.3. The molecule has 19 heavy (non-hydrogen) atoms. The molecule has 3 nitrogen and oxygen atoms in total. The third-order valence-electron chi connectivity index (χ3n) is 2.35. The monoisotopic (exact) mass is 283 g/mol. The maximum Gasteiger partial charge on any atom is 0.387 e. The van der Waals surface area contributed by atoms with Crippen LogP contribution in [0.25, 0.3) is 0 Å². The van der Waals surface area contributed by atoms with E-state index in [4.69, 9.17) is 11.6 Å². The van der Waals surface area contributed by atoms with Gasteiger partial charge in [-0.05, 0) is 30.3 Å². The highest BCUT2D eigenvalue weighted by Crippen LogP contribution is 2.25. The van der Waals surface area contributed by atoms with Crippen molar-refractivity contribution in [2.24, 2.45) is 0 Å². The highest BCUT2D eigenvalue weighted by molar-refractivity contribution is 6.35. The quantitative estimate of drug-likeness (QED) is 0.805. The average Bonchev–Trinajstić information content (AvgIpc) is 2.38. The maximum absolute atomic E-state index is 12.1. The van der Waals surface area contributed by atoms with Gasteiger partial charge in [0.2, 0.25) is 0 Å². The molecule has 1 aromatic heterocycles. The van der Waals surface area contributed by atoms with Crippen LogP contribution in [0.2, 0.25) is 5.02 Å². The third-order valence-corrected chi connectivity index (χ3v) is 2.67. The Labute approximate surface area is 112 Å². The second-order valence-corrected chi connectivity index (χ2v) is 3.99. The van der Waals surface area contributed by atoms with Gasteiger partial charge in [-0.25, -0.2) is 0 Å². The van der Waals surface area contributed by atoms with Crippen molar-refractivity contribution in [1.82, 2.24) is 4.98 Å². The molecule has 0 atom stereocenters. The van der Waals surface area contributed by atoms with Crippen LogP contribution in [0.15, 0.2) is 42.7 Å². The highest BCUT2D eigenvalue weighted by Gasteiger charge is 2.14. The number of ketones is 1. The van der Waals surface area contributed by atoms with Crippen molar-refractivity contribution in [1.29, 1.82) is 0 Å². The van der Waals surface area contributed by atoms with Crippen molar-refractivity contribution < 1.29 is 18.3 Å². The normalized spacial score (nSPS) is 10.5. The molecule has 0 spiro atoms. The summed E-state index contributed by atoms with van der Waals surface area (Å²) in [6, 6.07) is 6.89. The molecule has 0 amide bonds. The number of pyridine rings is 1. The molecule has 2 aromatic rings. The first-order valence-electron chi connectivity index (χ1n) is 5.27. The van der Waals surface area contributed by atoms with Crippen molar-refractivity contribution in [2.45, 2.75) is 6.61 Å². The Hall–Kier alpha value is -2.01. The number of benzene rings is 1. The zero-order chi connectivity index (χ0) is 13.8. The summed E-state index contributed by atoms with van der Waals surface area (Å²) in [5.41, 5.74) is 0.633. The Balaban J connectivity index is 2.29. The van der Waals surface area contributed by atoms with Crippen LogP contribution >= 0.6 is 11.6 Å². The molecule has 0 saturated heterocycles. The van der Waals surface area contributed by atoms with Gasteiger partial charge < -0.3 is 4.74 Å². The van der Waals surface area contributed by atoms with Crippen molar-refractivity contribution >= 4 is 17.4 Å². The topological polar surface area (TPSA) is 39.2 Å². The summed E-state index contributed by atoms with van der Waals surface area (Å²) in [6.45, 7) is -2.93. The SMILES string of the molecule is O=C(c1ccncc1)c1ccc(OC(F)F)cc1Cl. The highest BCUT2D eigenvalue weighted by atomic mass is 35.5. The molecule has 0 fully saturated rings. The van der Waals surface area contributed by atoms with Crippen LogP contribution < -0.4 is 4.74 Å². The van der Waals surface area contributed by atoms with E-state index in [9.17, 15) is 13.6 Å². The van der Waals surface area contributed by atoms with E-state index in [1.807, 2.05) is 0 Å². The molecule has 0 bridgehead atoms. The van der Waals surface area contributed by atoms with Gasteiger partial charge in [-0.3, -0.25) is 9.78 Å². The first-order valence-corrected chi connectivity index (χ1v) is 5.65. The lowest BCUT2D eigenvalue weighted by atomic mass is 10.0. The van der Waals surface area contributed by atoms with E-state index in [-0.39, 0.29) is 22.1 Å². The van der Waals surface area contributed by atoms with Crippen LogP contribution in [0.4, 0.5) is 8.78 Å². The number of rotatable bonds is 4. The molecule has 0 unspecified atom stereocenters. The van der Waals surface area contributed by atoms with Crippen molar-refractivity contribution in [2.75, 3.05) is 0 Å². The summed E-state index contributed by atoms with van der Waals surface area (Å²) in [5, 5.41) is 0.0555. The van der Waals surface area contributed by atoms with Crippen molar-refractivity contribution in [3.05, 3.63) is 58.9 Å². The van der Waals surface area contributed by atoms with Gasteiger partial charge in [0, 0.05) is 23.5 Å². The predicted octanol–water partition coefficient (Wildman–Crippen LogP) is 3.57. The fourth-order valence-corrected chi connectivity index (χ4v) is 1.77. The number of aromatic nitrogens is 1. The number of alkyl halides is 2. The van der Waals surface area contributed by atoms with Gasteiger partial charge in [-0.2, -0.15) is 8.78 Å². The minimum Gasteiger partial charge on any atom is -0.435 e. The van der Waals surface area contributed by atoms with Crippen LogP contribution in [0.3, 0.4) is 0 Å². The summed E-state index contributed by atoms with van der Waals surface area (Å²) in [6.07, 6.45) is 2.96. The minimum atomic E-state index is -2.93. The molecule has 6 heteroatoms. The molecule has 1 heterocycles. The molecule has 0 aliphatic heterocycles. The lowest BCUT2D eigenvalue weighted by molar-refractivity contribution is -0.0498. The number of ether oxygens (including phenoxy) is 1. The summed E-state index contributed by atoms with van der Waals surface area (Å²) in [5.74, 6) is -0.401. The number of carbonyl (C=O) groups is 1. The minimum absolute atomic E-state index is 0.0555. The Bertz CT molecular complexity index is 590. The standard InChI is InChI=1S/C13H8ClF2NO2/c14-11-7-9(19-13(15)16)1-2-10(11)12(18)8-3-5-17-6-4-8/h1-7,13H. The number of hydrogen-bond acceptors (Lipinski definition) is 3. The largest absolute Gasteiger partial charge is 0.435 e. The van der Waals surface area contributed by atoms with Gasteiger partial charge >= 0.3 is 6.61 Å². The second-order valence-electron chi connectivity index (χ2n) is 3.59. The molecular formula is C13H8ClF2NO2. The summed E-state index contributed by atoms with van der Waals surface area (Å²) in [7, 11) is 0. The Morgan fingerprint density at radius 3 is 2.47 bits per heavy atom. The van der Waals surface area contributed by atoms with E-state index in [0.717, 1.165) is 0 Å². The predicted molar refractivity (Wildman–Crippen MR) is 65.8 cm³/mol. The fourth-order valence-electron chi connectivity index (χ4n) is 1.51. The number of halogens is 3. The first-order chi connectivity index (χ1) is 9.08. The first kappa shape index (κ1) is 13.4. The number of carbonyl (C=O) groups excluding carboxylic acids is 1. The van der Waals surface area contributed by atoms with Crippen LogP contribution in [0.1, 0.15) is 15.9 Å². The second kappa shape index (κ2) is 5.75. The smallest absolute Gasteiger partial charge is 0.387 e. The van der Waals surface area contributed by atoms with Crippen molar-refractivity contribution in [3.8, 4) is 5.75 Å². The summed E-state index contributed by atoms with van der Waals surface area (Å²) < 4.78 is 28.3. The Morgan fingerprint density at radius 2 is 1.89 bits per heavy atom. The Morgan fingerprint density at radius 1 is 1.21 bits per heavy atom. The van der Waals surface area contributed by atoms with Gasteiger partial charge in [-0.1, -0.05) is 11.6 Å². The van der Waals surface area contributed by atoms with Crippen LogP contribution in [-0.4, -0.2) is 17.4 Å². The van der Waals surface area contributed by atoms with Crippen LogP contribution in [-0.2, 0) is 0 Å². The van der Waals surface area contributed by atoms with E-state index in [2.05, 4.69) is 9.72 Å². The lowest BCUT2D eigenvalue weighted by Crippen LogP contribution is -2.05. The molecule has 2 rings (SSSR count). The van der Waals surface area contributed by atoms with Gasteiger partial charge in [0.25, 0.3) is 0 Å². The van der Waals surface area contributed by atoms with Crippen LogP contribution in [0, 0.1) is 0 Å². The molecule has 1 aromatic carbocycles. The maximum atomic E-state index is 12.1. The Kier molecular flexibility index (Phi) is 4.06. The molecule has 98 valence electrons. The molecule has 0 aliphatic carbocycles. The van der Waals surface area contributed by atoms with Gasteiger partial charge in [0.05, 0.1) is 5.02 Å². The summed E-state index contributed by atoms with van der Waals surface area (Å²) in [4.78, 5) is 15.9. The van der Waals surface area contributed by atoms with Gasteiger partial charge in [0.1, 0.15) is 5.75 Å². The van der Waals surface area contributed by atoms with E-state index in [1.165, 1.54) is 30.6 Å². The van der Waals surface area contributed by atoms with E-state index >= 15 is 0 Å². The number of hydrogen-bond donors (Lipinski definition) is 0. The van der Waals surface area contributed by atoms with E-state index in [1.54, 1.807) is 12.1 Å². The lowest BCUT2D eigenvalue weighted by Gasteiger charge is -2.07. The fraction of sp³-hybridized carbons (Fsp3) is 0.0769. The van der Waals surface area contributed by atoms with E-state index in [0.29, 0.717) is 5.56 Å². The number of nitrogens with zero attached hydrogens (tertiary/aromatic N) is 1. The van der Waals surface area contributed by atoms with Gasteiger partial charge in [-0.15, -0.1) is 0 Å². The van der Waals surface area contributed by atoms with Gasteiger partial charge in [0.15, 0.2) is 5.78 Å². The average molecular weight is 284 g/mol. The van der Waals surface area contributed by atoms with Crippen LogP contribution in [0.5, 0.6) is 5.75 Å².